The van der Waals surface area contributed by atoms with Gasteiger partial charge in [0.05, 0.1) is 25.5 Å². The van der Waals surface area contributed by atoms with E-state index < -0.39 is 5.76 Å². The van der Waals surface area contributed by atoms with E-state index in [0.29, 0.717) is 41.5 Å². The standard InChI is InChI=1S/C22H22BN5O3/c1-27(2)9-4-10-30-17-12-24-20(25-13-17)16-6-3-5-15(11-16)14-28-21-18(31-22(28)29)7-8-19(23)26-21/h3,5-8,11-13H,4,9-10,14H2,1-2H3. The van der Waals surface area contributed by atoms with Crippen molar-refractivity contribution in [2.24, 2.45) is 0 Å². The Kier molecular flexibility index (Phi) is 6.13. The zero-order valence-corrected chi connectivity index (χ0v) is 17.5. The van der Waals surface area contributed by atoms with Gasteiger partial charge >= 0.3 is 5.76 Å². The summed E-state index contributed by atoms with van der Waals surface area (Å²) in [6.45, 7) is 1.87. The Morgan fingerprint density at radius 2 is 1.97 bits per heavy atom. The van der Waals surface area contributed by atoms with E-state index in [2.05, 4.69) is 19.9 Å². The Hall–Kier alpha value is -3.46. The van der Waals surface area contributed by atoms with E-state index in [9.17, 15) is 4.79 Å². The molecule has 156 valence electrons. The van der Waals surface area contributed by atoms with E-state index in [4.69, 9.17) is 17.0 Å². The average Bonchev–Trinajstić information content (AvgIpc) is 3.06. The lowest BCUT2D eigenvalue weighted by Gasteiger charge is -2.10. The van der Waals surface area contributed by atoms with Gasteiger partial charge in [0.2, 0.25) is 0 Å². The SMILES string of the molecule is [B]c1ccc2oc(=O)n(Cc3cccc(-c4ncc(OCCCN(C)C)cn4)c3)c2n1. The van der Waals surface area contributed by atoms with Crippen molar-refractivity contribution in [2.45, 2.75) is 13.0 Å². The lowest BCUT2D eigenvalue weighted by atomic mass is 10.0. The van der Waals surface area contributed by atoms with Crippen LogP contribution in [0, 0.1) is 0 Å². The van der Waals surface area contributed by atoms with Gasteiger partial charge in [-0.1, -0.05) is 18.2 Å². The summed E-state index contributed by atoms with van der Waals surface area (Å²) in [5, 5.41) is 0. The van der Waals surface area contributed by atoms with Crippen LogP contribution >= 0.6 is 0 Å². The molecule has 0 N–H and O–H groups in total. The maximum absolute atomic E-state index is 12.3. The van der Waals surface area contributed by atoms with Gasteiger partial charge in [-0.05, 0) is 49.9 Å². The first-order chi connectivity index (χ1) is 15.0. The first-order valence-electron chi connectivity index (χ1n) is 9.94. The molecule has 0 aliphatic rings. The van der Waals surface area contributed by atoms with E-state index in [1.165, 1.54) is 4.57 Å². The summed E-state index contributed by atoms with van der Waals surface area (Å²) in [6.07, 6.45) is 4.27. The van der Waals surface area contributed by atoms with E-state index in [1.807, 2.05) is 38.4 Å². The Balaban J connectivity index is 1.50. The van der Waals surface area contributed by atoms with Gasteiger partial charge in [-0.25, -0.2) is 19.7 Å². The summed E-state index contributed by atoms with van der Waals surface area (Å²) in [7, 11) is 9.82. The Morgan fingerprint density at radius 3 is 2.74 bits per heavy atom. The number of fused-ring (bicyclic) bond motifs is 1. The third-order valence-corrected chi connectivity index (χ3v) is 4.71. The molecule has 0 aliphatic heterocycles. The van der Waals surface area contributed by atoms with Crippen molar-refractivity contribution in [3.8, 4) is 17.1 Å². The smallest absolute Gasteiger partial charge is 0.421 e. The molecule has 2 radical (unpaired) electrons. The maximum atomic E-state index is 12.3. The molecule has 0 aliphatic carbocycles. The molecule has 0 spiro atoms. The molecule has 3 aromatic heterocycles. The highest BCUT2D eigenvalue weighted by molar-refractivity contribution is 6.30. The van der Waals surface area contributed by atoms with Gasteiger partial charge < -0.3 is 14.1 Å². The fourth-order valence-electron chi connectivity index (χ4n) is 3.20. The third-order valence-electron chi connectivity index (χ3n) is 4.71. The van der Waals surface area contributed by atoms with Crippen molar-refractivity contribution in [1.82, 2.24) is 24.4 Å². The molecule has 0 atom stereocenters. The number of hydrogen-bond donors (Lipinski definition) is 0. The molecule has 0 fully saturated rings. The van der Waals surface area contributed by atoms with Crippen molar-refractivity contribution < 1.29 is 9.15 Å². The minimum absolute atomic E-state index is 0.295. The zero-order valence-electron chi connectivity index (χ0n) is 17.5. The quantitative estimate of drug-likeness (QED) is 0.319. The number of nitrogens with zero attached hydrogens (tertiary/aromatic N) is 5. The van der Waals surface area contributed by atoms with Gasteiger partial charge in [0.1, 0.15) is 7.85 Å². The van der Waals surface area contributed by atoms with Crippen LogP contribution in [0.25, 0.3) is 22.6 Å². The van der Waals surface area contributed by atoms with Crippen molar-refractivity contribution in [1.29, 1.82) is 0 Å². The zero-order chi connectivity index (χ0) is 21.8. The van der Waals surface area contributed by atoms with Crippen molar-refractivity contribution in [3.63, 3.8) is 0 Å². The molecule has 0 amide bonds. The van der Waals surface area contributed by atoms with Gasteiger partial charge in [-0.3, -0.25) is 4.57 Å². The summed E-state index contributed by atoms with van der Waals surface area (Å²) in [5.74, 6) is 0.735. The Morgan fingerprint density at radius 1 is 1.16 bits per heavy atom. The molecule has 31 heavy (non-hydrogen) atoms. The number of aromatic nitrogens is 4. The molecule has 0 bridgehead atoms. The second-order valence-electron chi connectivity index (χ2n) is 7.46. The van der Waals surface area contributed by atoms with Gasteiger partial charge in [-0.2, -0.15) is 0 Å². The van der Waals surface area contributed by atoms with Crippen LogP contribution in [0.2, 0.25) is 0 Å². The normalized spacial score (nSPS) is 11.3. The van der Waals surface area contributed by atoms with Gasteiger partial charge in [0.15, 0.2) is 22.8 Å². The minimum atomic E-state index is -0.481. The predicted octanol–water partition coefficient (Wildman–Crippen LogP) is 1.62. The average molecular weight is 415 g/mol. The molecule has 0 saturated carbocycles. The van der Waals surface area contributed by atoms with Gasteiger partial charge in [0.25, 0.3) is 0 Å². The molecular formula is C22H22BN5O3. The number of hydrogen-bond acceptors (Lipinski definition) is 7. The lowest BCUT2D eigenvalue weighted by molar-refractivity contribution is 0.280. The predicted molar refractivity (Wildman–Crippen MR) is 119 cm³/mol. The maximum Gasteiger partial charge on any atom is 0.421 e. The van der Waals surface area contributed by atoms with Crippen LogP contribution in [-0.4, -0.2) is 59.5 Å². The van der Waals surface area contributed by atoms with Gasteiger partial charge in [0, 0.05) is 12.1 Å². The molecule has 4 rings (SSSR count). The second kappa shape index (κ2) is 9.14. The van der Waals surface area contributed by atoms with E-state index in [0.717, 1.165) is 24.1 Å². The first kappa shape index (κ1) is 20.8. The fraction of sp³-hybridized carbons (Fsp3) is 0.273. The molecule has 0 unspecified atom stereocenters. The number of rotatable bonds is 8. The van der Waals surface area contributed by atoms with Crippen molar-refractivity contribution >= 4 is 24.7 Å². The lowest BCUT2D eigenvalue weighted by Crippen LogP contribution is -2.17. The first-order valence-corrected chi connectivity index (χ1v) is 9.94. The summed E-state index contributed by atoms with van der Waals surface area (Å²) in [4.78, 5) is 27.4. The third kappa shape index (κ3) is 5.00. The summed E-state index contributed by atoms with van der Waals surface area (Å²) >= 11 is 0. The van der Waals surface area contributed by atoms with E-state index >= 15 is 0 Å². The minimum Gasteiger partial charge on any atom is -0.490 e. The molecule has 1 aromatic carbocycles. The van der Waals surface area contributed by atoms with Crippen LogP contribution in [0.1, 0.15) is 12.0 Å². The topological polar surface area (TPSA) is 86.3 Å². The van der Waals surface area contributed by atoms with Crippen LogP contribution in [0.4, 0.5) is 0 Å². The van der Waals surface area contributed by atoms with Crippen LogP contribution < -0.4 is 16.1 Å². The highest BCUT2D eigenvalue weighted by Gasteiger charge is 2.12. The number of oxazole rings is 1. The fourth-order valence-corrected chi connectivity index (χ4v) is 3.20. The summed E-state index contributed by atoms with van der Waals surface area (Å²) in [5.41, 5.74) is 2.87. The number of ether oxygens (including phenoxy) is 1. The van der Waals surface area contributed by atoms with Crippen LogP contribution in [0.5, 0.6) is 5.75 Å². The summed E-state index contributed by atoms with van der Waals surface area (Å²) < 4.78 is 12.4. The Labute approximate surface area is 180 Å². The monoisotopic (exact) mass is 415 g/mol. The van der Waals surface area contributed by atoms with E-state index in [-0.39, 0.29) is 0 Å². The second-order valence-corrected chi connectivity index (χ2v) is 7.46. The molecule has 9 heteroatoms. The highest BCUT2D eigenvalue weighted by atomic mass is 16.5. The molecular weight excluding hydrogens is 393 g/mol. The highest BCUT2D eigenvalue weighted by Crippen LogP contribution is 2.19. The van der Waals surface area contributed by atoms with Gasteiger partial charge in [-0.15, -0.1) is 0 Å². The number of benzene rings is 1. The van der Waals surface area contributed by atoms with E-state index in [1.54, 1.807) is 24.5 Å². The molecule has 4 aromatic rings. The van der Waals surface area contributed by atoms with Crippen molar-refractivity contribution in [3.05, 3.63) is 64.9 Å². The molecule has 0 saturated heterocycles. The Bertz CT molecular complexity index is 1230. The van der Waals surface area contributed by atoms with Crippen LogP contribution in [-0.2, 0) is 6.54 Å². The molecule has 8 nitrogen and oxygen atoms in total. The van der Waals surface area contributed by atoms with Crippen LogP contribution in [0.3, 0.4) is 0 Å². The number of pyridine rings is 1. The van der Waals surface area contributed by atoms with Crippen LogP contribution in [0.15, 0.2) is 58.0 Å². The summed E-state index contributed by atoms with van der Waals surface area (Å²) in [6, 6.07) is 10.9. The van der Waals surface area contributed by atoms with Crippen molar-refractivity contribution in [2.75, 3.05) is 27.2 Å². The largest absolute Gasteiger partial charge is 0.490 e. The molecule has 3 heterocycles.